The van der Waals surface area contributed by atoms with Crippen molar-refractivity contribution in [1.29, 1.82) is 0 Å². The van der Waals surface area contributed by atoms with Gasteiger partial charge in [-0.15, -0.1) is 24.0 Å². The molecule has 7 nitrogen and oxygen atoms in total. The van der Waals surface area contributed by atoms with Crippen LogP contribution in [0.5, 0.6) is 5.75 Å². The molecule has 0 amide bonds. The van der Waals surface area contributed by atoms with E-state index in [1.54, 1.807) is 7.05 Å². The predicted molar refractivity (Wildman–Crippen MR) is 121 cm³/mol. The van der Waals surface area contributed by atoms with Crippen molar-refractivity contribution in [2.45, 2.75) is 6.54 Å². The first-order chi connectivity index (χ1) is 12.7. The van der Waals surface area contributed by atoms with Crippen LogP contribution in [0.4, 0.5) is 0 Å². The van der Waals surface area contributed by atoms with Gasteiger partial charge in [-0.1, -0.05) is 12.1 Å². The smallest absolute Gasteiger partial charge is 0.191 e. The predicted octanol–water partition coefficient (Wildman–Crippen LogP) is 1.24. The number of halogens is 1. The summed E-state index contributed by atoms with van der Waals surface area (Å²) in [4.78, 5) is 8.80. The Morgan fingerprint density at radius 1 is 1.26 bits per heavy atom. The van der Waals surface area contributed by atoms with Crippen LogP contribution in [-0.2, 0) is 11.3 Å². The van der Waals surface area contributed by atoms with Gasteiger partial charge in [0.1, 0.15) is 12.4 Å². The molecule has 1 heterocycles. The van der Waals surface area contributed by atoms with Crippen LogP contribution in [0.2, 0.25) is 0 Å². The van der Waals surface area contributed by atoms with Gasteiger partial charge >= 0.3 is 0 Å². The molecular formula is C19H34IN5O2. The molecular weight excluding hydrogens is 457 g/mol. The van der Waals surface area contributed by atoms with Gasteiger partial charge in [-0.2, -0.15) is 0 Å². The number of guanidine groups is 1. The molecule has 1 aromatic rings. The quantitative estimate of drug-likeness (QED) is 0.308. The largest absolute Gasteiger partial charge is 0.492 e. The lowest BCUT2D eigenvalue weighted by atomic mass is 10.2. The Labute approximate surface area is 180 Å². The Balaban J connectivity index is 0.00000364. The maximum Gasteiger partial charge on any atom is 0.191 e. The van der Waals surface area contributed by atoms with Gasteiger partial charge < -0.3 is 25.0 Å². The van der Waals surface area contributed by atoms with Crippen LogP contribution in [-0.4, -0.2) is 89.4 Å². The Morgan fingerprint density at radius 3 is 2.74 bits per heavy atom. The zero-order chi connectivity index (χ0) is 18.6. The molecule has 0 unspecified atom stereocenters. The summed E-state index contributed by atoms with van der Waals surface area (Å²) >= 11 is 0. The van der Waals surface area contributed by atoms with Crippen molar-refractivity contribution >= 4 is 29.9 Å². The van der Waals surface area contributed by atoms with Gasteiger partial charge in [0.15, 0.2) is 5.96 Å². The first kappa shape index (κ1) is 23.9. The molecule has 0 saturated carbocycles. The van der Waals surface area contributed by atoms with Gasteiger partial charge in [0.05, 0.1) is 13.2 Å². The minimum absolute atomic E-state index is 0. The molecule has 1 aliphatic heterocycles. The minimum Gasteiger partial charge on any atom is -0.492 e. The second-order valence-electron chi connectivity index (χ2n) is 6.61. The molecule has 0 spiro atoms. The number of nitrogens with one attached hydrogen (secondary N) is 2. The molecule has 8 heteroatoms. The van der Waals surface area contributed by atoms with E-state index in [-0.39, 0.29) is 24.0 Å². The van der Waals surface area contributed by atoms with Crippen molar-refractivity contribution in [3.05, 3.63) is 29.8 Å². The topological polar surface area (TPSA) is 61.4 Å². The summed E-state index contributed by atoms with van der Waals surface area (Å²) in [5.41, 5.74) is 1.17. The summed E-state index contributed by atoms with van der Waals surface area (Å²) in [5.74, 6) is 1.72. The van der Waals surface area contributed by atoms with E-state index in [0.717, 1.165) is 57.6 Å². The van der Waals surface area contributed by atoms with Crippen LogP contribution in [0.1, 0.15) is 5.56 Å². The van der Waals surface area contributed by atoms with Gasteiger partial charge in [-0.25, -0.2) is 0 Å². The summed E-state index contributed by atoms with van der Waals surface area (Å²) in [5, 5.41) is 6.72. The van der Waals surface area contributed by atoms with Gasteiger partial charge in [0, 0.05) is 46.3 Å². The number of rotatable bonds is 9. The Morgan fingerprint density at radius 2 is 2.04 bits per heavy atom. The monoisotopic (exact) mass is 491 g/mol. The average Bonchev–Trinajstić information content (AvgIpc) is 2.65. The van der Waals surface area contributed by atoms with Crippen LogP contribution in [0, 0.1) is 0 Å². The van der Waals surface area contributed by atoms with Crippen LogP contribution in [0.25, 0.3) is 0 Å². The molecule has 27 heavy (non-hydrogen) atoms. The summed E-state index contributed by atoms with van der Waals surface area (Å²) in [6, 6.07) is 8.18. The van der Waals surface area contributed by atoms with Crippen LogP contribution >= 0.6 is 24.0 Å². The van der Waals surface area contributed by atoms with E-state index in [1.807, 2.05) is 26.2 Å². The first-order valence-electron chi connectivity index (χ1n) is 9.28. The van der Waals surface area contributed by atoms with Gasteiger partial charge in [0.25, 0.3) is 0 Å². The molecule has 1 aliphatic rings. The number of nitrogens with zero attached hydrogens (tertiary/aromatic N) is 3. The van der Waals surface area contributed by atoms with Crippen molar-refractivity contribution in [2.24, 2.45) is 4.99 Å². The van der Waals surface area contributed by atoms with Crippen molar-refractivity contribution in [2.75, 3.05) is 73.7 Å². The number of aliphatic imine (C=N–C) groups is 1. The number of benzene rings is 1. The highest BCUT2D eigenvalue weighted by Crippen LogP contribution is 2.13. The molecule has 2 rings (SSSR count). The lowest BCUT2D eigenvalue weighted by Gasteiger charge is -2.26. The van der Waals surface area contributed by atoms with E-state index in [1.165, 1.54) is 5.56 Å². The van der Waals surface area contributed by atoms with E-state index in [4.69, 9.17) is 9.47 Å². The van der Waals surface area contributed by atoms with E-state index >= 15 is 0 Å². The van der Waals surface area contributed by atoms with Gasteiger partial charge in [-0.05, 0) is 31.8 Å². The highest BCUT2D eigenvalue weighted by Gasteiger charge is 2.09. The highest BCUT2D eigenvalue weighted by molar-refractivity contribution is 14.0. The van der Waals surface area contributed by atoms with E-state index in [0.29, 0.717) is 13.2 Å². The van der Waals surface area contributed by atoms with Gasteiger partial charge in [0.2, 0.25) is 0 Å². The molecule has 1 fully saturated rings. The fourth-order valence-electron chi connectivity index (χ4n) is 2.65. The number of likely N-dealkylation sites (N-methyl/N-ethyl adjacent to an activating group) is 1. The summed E-state index contributed by atoms with van der Waals surface area (Å²) in [6.07, 6.45) is 0. The fourth-order valence-corrected chi connectivity index (χ4v) is 2.65. The first-order valence-corrected chi connectivity index (χ1v) is 9.28. The normalized spacial score (nSPS) is 15.3. The molecule has 0 aliphatic carbocycles. The molecule has 0 atom stereocenters. The standard InChI is InChI=1S/C19H33N5O2.HI/c1-20-19(21-7-8-24-10-12-25-13-11-24)22-16-17-5-4-6-18(15-17)26-14-9-23(2)3;/h4-6,15H,7-14,16H2,1-3H3,(H2,20,21,22);1H. The summed E-state index contributed by atoms with van der Waals surface area (Å²) in [7, 11) is 5.88. The molecule has 0 bridgehead atoms. The molecule has 1 aromatic carbocycles. The minimum atomic E-state index is 0. The lowest BCUT2D eigenvalue weighted by Crippen LogP contribution is -2.44. The summed E-state index contributed by atoms with van der Waals surface area (Å²) < 4.78 is 11.2. The van der Waals surface area contributed by atoms with E-state index in [9.17, 15) is 0 Å². The third-order valence-electron chi connectivity index (χ3n) is 4.21. The maximum absolute atomic E-state index is 5.79. The lowest BCUT2D eigenvalue weighted by molar-refractivity contribution is 0.0389. The third kappa shape index (κ3) is 10.1. The van der Waals surface area contributed by atoms with Crippen molar-refractivity contribution in [3.63, 3.8) is 0 Å². The number of hydrogen-bond acceptors (Lipinski definition) is 5. The molecule has 2 N–H and O–H groups in total. The fraction of sp³-hybridized carbons (Fsp3) is 0.632. The van der Waals surface area contributed by atoms with Gasteiger partial charge in [-0.3, -0.25) is 9.89 Å². The second-order valence-corrected chi connectivity index (χ2v) is 6.61. The molecule has 0 radical (unpaired) electrons. The second kappa shape index (κ2) is 14.0. The average molecular weight is 491 g/mol. The molecule has 0 aromatic heterocycles. The van der Waals surface area contributed by atoms with Crippen molar-refractivity contribution < 1.29 is 9.47 Å². The Hall–Kier alpha value is -1.10. The molecule has 1 saturated heterocycles. The molecule has 154 valence electrons. The van der Waals surface area contributed by atoms with Crippen LogP contribution in [0.15, 0.2) is 29.3 Å². The number of hydrogen-bond donors (Lipinski definition) is 2. The Bertz CT molecular complexity index is 551. The number of morpholine rings is 1. The SMILES string of the molecule is CN=C(NCCN1CCOCC1)NCc1cccc(OCCN(C)C)c1.I. The van der Waals surface area contributed by atoms with Crippen LogP contribution in [0.3, 0.4) is 0 Å². The highest BCUT2D eigenvalue weighted by atomic mass is 127. The zero-order valence-electron chi connectivity index (χ0n) is 16.7. The van der Waals surface area contributed by atoms with E-state index in [2.05, 4.69) is 37.6 Å². The third-order valence-corrected chi connectivity index (χ3v) is 4.21. The summed E-state index contributed by atoms with van der Waals surface area (Å²) in [6.45, 7) is 7.86. The zero-order valence-corrected chi connectivity index (χ0v) is 19.1. The van der Waals surface area contributed by atoms with Crippen molar-refractivity contribution in [3.8, 4) is 5.75 Å². The Kier molecular flexibility index (Phi) is 12.4. The van der Waals surface area contributed by atoms with Crippen molar-refractivity contribution in [1.82, 2.24) is 20.4 Å². The maximum atomic E-state index is 5.79. The van der Waals surface area contributed by atoms with Crippen LogP contribution < -0.4 is 15.4 Å². The van der Waals surface area contributed by atoms with E-state index < -0.39 is 0 Å². The number of ether oxygens (including phenoxy) is 2.